The highest BCUT2D eigenvalue weighted by molar-refractivity contribution is 6.35. The molecule has 4 nitrogen and oxygen atoms in total. The molecule has 4 rings (SSSR count). The van der Waals surface area contributed by atoms with Crippen molar-refractivity contribution < 1.29 is 4.79 Å². The number of para-hydroxylation sites is 2. The van der Waals surface area contributed by atoms with E-state index >= 15 is 0 Å². The van der Waals surface area contributed by atoms with Crippen LogP contribution in [-0.4, -0.2) is 22.0 Å². The van der Waals surface area contributed by atoms with Crippen LogP contribution in [0.25, 0.3) is 11.0 Å². The minimum Gasteiger partial charge on any atom is -0.352 e. The van der Waals surface area contributed by atoms with E-state index in [1.54, 1.807) is 6.07 Å². The zero-order chi connectivity index (χ0) is 20.9. The van der Waals surface area contributed by atoms with Crippen molar-refractivity contribution >= 4 is 40.1 Å². The first kappa shape index (κ1) is 20.5. The monoisotopic (exact) mass is 437 g/mol. The van der Waals surface area contributed by atoms with E-state index in [0.717, 1.165) is 35.3 Å². The maximum absolute atomic E-state index is 12.2. The molecule has 0 atom stereocenters. The lowest BCUT2D eigenvalue weighted by Gasteiger charge is -2.11. The lowest BCUT2D eigenvalue weighted by atomic mass is 10.2. The van der Waals surface area contributed by atoms with E-state index in [9.17, 15) is 4.79 Å². The van der Waals surface area contributed by atoms with Crippen molar-refractivity contribution in [2.24, 2.45) is 0 Å². The molecule has 6 heteroatoms. The van der Waals surface area contributed by atoms with Crippen molar-refractivity contribution in [3.05, 3.63) is 99.8 Å². The average molecular weight is 438 g/mol. The number of aryl methyl sites for hydroxylation is 1. The van der Waals surface area contributed by atoms with E-state index in [1.165, 1.54) is 0 Å². The van der Waals surface area contributed by atoms with Crippen LogP contribution in [0.3, 0.4) is 0 Å². The summed E-state index contributed by atoms with van der Waals surface area (Å²) in [7, 11) is 0. The minimum absolute atomic E-state index is 0.0583. The average Bonchev–Trinajstić information content (AvgIpc) is 3.11. The number of benzene rings is 3. The summed E-state index contributed by atoms with van der Waals surface area (Å²) in [5.41, 5.74) is 3.67. The Bertz CT molecular complexity index is 1170. The summed E-state index contributed by atoms with van der Waals surface area (Å²) < 4.78 is 2.18. The molecule has 3 aromatic carbocycles. The van der Waals surface area contributed by atoms with Gasteiger partial charge in [0.25, 0.3) is 5.91 Å². The van der Waals surface area contributed by atoms with Crippen molar-refractivity contribution in [2.75, 3.05) is 6.54 Å². The van der Waals surface area contributed by atoms with Crippen LogP contribution in [0.1, 0.15) is 28.2 Å². The highest BCUT2D eigenvalue weighted by Crippen LogP contribution is 2.25. The van der Waals surface area contributed by atoms with Gasteiger partial charge >= 0.3 is 0 Å². The Hall–Kier alpha value is -2.82. The van der Waals surface area contributed by atoms with E-state index in [1.807, 2.05) is 60.7 Å². The summed E-state index contributed by atoms with van der Waals surface area (Å²) in [4.78, 5) is 17.0. The van der Waals surface area contributed by atoms with Gasteiger partial charge in [0.05, 0.1) is 17.6 Å². The van der Waals surface area contributed by atoms with Gasteiger partial charge in [-0.2, -0.15) is 0 Å². The van der Waals surface area contributed by atoms with Gasteiger partial charge in [0.15, 0.2) is 0 Å². The van der Waals surface area contributed by atoms with Gasteiger partial charge in [0, 0.05) is 28.6 Å². The fraction of sp³-hybridized carbons (Fsp3) is 0.167. The molecule has 0 fully saturated rings. The molecule has 0 saturated carbocycles. The van der Waals surface area contributed by atoms with Crippen molar-refractivity contribution in [1.82, 2.24) is 14.9 Å². The molecule has 0 aliphatic heterocycles. The van der Waals surface area contributed by atoms with Gasteiger partial charge in [0.1, 0.15) is 5.82 Å². The number of rotatable bonds is 7. The molecule has 0 spiro atoms. The second-order valence-electron chi connectivity index (χ2n) is 7.06. The quantitative estimate of drug-likeness (QED) is 0.373. The van der Waals surface area contributed by atoms with Gasteiger partial charge in [-0.3, -0.25) is 4.79 Å². The SMILES string of the molecule is O=C(NCCCc1nc2ccccc2n1Cc1ccc(Cl)cc1Cl)c1ccccc1. The number of nitrogens with one attached hydrogen (secondary N) is 1. The van der Waals surface area contributed by atoms with Crippen LogP contribution in [0.5, 0.6) is 0 Å². The number of hydrogen-bond acceptors (Lipinski definition) is 2. The van der Waals surface area contributed by atoms with Crippen molar-refractivity contribution in [1.29, 1.82) is 0 Å². The number of hydrogen-bond donors (Lipinski definition) is 1. The third-order valence-corrected chi connectivity index (χ3v) is 5.56. The minimum atomic E-state index is -0.0583. The third kappa shape index (κ3) is 4.66. The number of carbonyl (C=O) groups excluding carboxylic acids is 1. The first-order valence-corrected chi connectivity index (χ1v) is 10.6. The van der Waals surface area contributed by atoms with Crippen LogP contribution in [0.2, 0.25) is 10.0 Å². The Morgan fingerprint density at radius 2 is 1.73 bits per heavy atom. The molecule has 152 valence electrons. The van der Waals surface area contributed by atoms with Crippen molar-refractivity contribution in [2.45, 2.75) is 19.4 Å². The molecule has 0 saturated heterocycles. The van der Waals surface area contributed by atoms with E-state index < -0.39 is 0 Å². The second-order valence-corrected chi connectivity index (χ2v) is 7.91. The first-order chi connectivity index (χ1) is 14.6. The number of fused-ring (bicyclic) bond motifs is 1. The topological polar surface area (TPSA) is 46.9 Å². The van der Waals surface area contributed by atoms with Gasteiger partial charge in [-0.15, -0.1) is 0 Å². The Morgan fingerprint density at radius 1 is 0.967 bits per heavy atom. The molecule has 4 aromatic rings. The molecule has 30 heavy (non-hydrogen) atoms. The summed E-state index contributed by atoms with van der Waals surface area (Å²) in [5, 5.41) is 4.23. The van der Waals surface area contributed by atoms with Crippen molar-refractivity contribution in [3.63, 3.8) is 0 Å². The Labute approximate surface area is 185 Å². The zero-order valence-corrected chi connectivity index (χ0v) is 17.8. The molecule has 1 N–H and O–H groups in total. The molecule has 1 amide bonds. The maximum atomic E-state index is 12.2. The van der Waals surface area contributed by atoms with Crippen LogP contribution in [0.4, 0.5) is 0 Å². The summed E-state index contributed by atoms with van der Waals surface area (Å²) in [6, 6.07) is 22.9. The molecule has 0 aliphatic rings. The molecular formula is C24H21Cl2N3O. The number of aromatic nitrogens is 2. The molecule has 0 bridgehead atoms. The van der Waals surface area contributed by atoms with Crippen molar-refractivity contribution in [3.8, 4) is 0 Å². The predicted octanol–water partition coefficient (Wildman–Crippen LogP) is 5.75. The van der Waals surface area contributed by atoms with Gasteiger partial charge in [-0.25, -0.2) is 4.98 Å². The molecule has 0 aliphatic carbocycles. The van der Waals surface area contributed by atoms with Gasteiger partial charge in [0.2, 0.25) is 0 Å². The smallest absolute Gasteiger partial charge is 0.251 e. The lowest BCUT2D eigenvalue weighted by molar-refractivity contribution is 0.0953. The van der Waals surface area contributed by atoms with Gasteiger partial charge in [-0.1, -0.05) is 59.6 Å². The first-order valence-electron chi connectivity index (χ1n) is 9.83. The van der Waals surface area contributed by atoms with E-state index in [2.05, 4.69) is 16.0 Å². The predicted molar refractivity (Wildman–Crippen MR) is 122 cm³/mol. The number of halogens is 2. The number of nitrogens with zero attached hydrogens (tertiary/aromatic N) is 2. The summed E-state index contributed by atoms with van der Waals surface area (Å²) >= 11 is 12.4. The van der Waals surface area contributed by atoms with E-state index in [0.29, 0.717) is 28.7 Å². The number of imidazole rings is 1. The fourth-order valence-corrected chi connectivity index (χ4v) is 3.92. The lowest BCUT2D eigenvalue weighted by Crippen LogP contribution is -2.24. The molecule has 0 unspecified atom stereocenters. The molecule has 1 aromatic heterocycles. The van der Waals surface area contributed by atoms with Gasteiger partial charge < -0.3 is 9.88 Å². The highest BCUT2D eigenvalue weighted by atomic mass is 35.5. The number of carbonyl (C=O) groups is 1. The van der Waals surface area contributed by atoms with Crippen LogP contribution < -0.4 is 5.32 Å². The fourth-order valence-electron chi connectivity index (χ4n) is 3.45. The van der Waals surface area contributed by atoms with Crippen LogP contribution in [0, 0.1) is 0 Å². The highest BCUT2D eigenvalue weighted by Gasteiger charge is 2.13. The van der Waals surface area contributed by atoms with Gasteiger partial charge in [-0.05, 0) is 48.4 Å². The Kier molecular flexibility index (Phi) is 6.36. The summed E-state index contributed by atoms with van der Waals surface area (Å²) in [6.45, 7) is 1.20. The van der Waals surface area contributed by atoms with Crippen LogP contribution in [0.15, 0.2) is 72.8 Å². The normalized spacial score (nSPS) is 11.0. The number of amides is 1. The Balaban J connectivity index is 1.48. The van der Waals surface area contributed by atoms with Crippen LogP contribution >= 0.6 is 23.2 Å². The maximum Gasteiger partial charge on any atom is 0.251 e. The zero-order valence-electron chi connectivity index (χ0n) is 16.3. The third-order valence-electron chi connectivity index (χ3n) is 4.98. The second kappa shape index (κ2) is 9.33. The van der Waals surface area contributed by atoms with E-state index in [4.69, 9.17) is 28.2 Å². The molecular weight excluding hydrogens is 417 g/mol. The largest absolute Gasteiger partial charge is 0.352 e. The molecule has 0 radical (unpaired) electrons. The summed E-state index contributed by atoms with van der Waals surface area (Å²) in [6.07, 6.45) is 1.53. The standard InChI is InChI=1S/C24H21Cl2N3O/c25-19-13-12-18(20(26)15-19)16-29-22-10-5-4-9-21(22)28-23(29)11-6-14-27-24(30)17-7-2-1-3-8-17/h1-5,7-10,12-13,15H,6,11,14,16H2,(H,27,30). The summed E-state index contributed by atoms with van der Waals surface area (Å²) in [5.74, 6) is 0.910. The van der Waals surface area contributed by atoms with E-state index in [-0.39, 0.29) is 5.91 Å². The molecule has 1 heterocycles. The van der Waals surface area contributed by atoms with Crippen LogP contribution in [-0.2, 0) is 13.0 Å². The Morgan fingerprint density at radius 3 is 2.53 bits per heavy atom.